The molecule has 2 heteroatoms. The highest BCUT2D eigenvalue weighted by Crippen LogP contribution is 2.33. The van der Waals surface area contributed by atoms with Crippen LogP contribution >= 0.6 is 0 Å². The van der Waals surface area contributed by atoms with Crippen LogP contribution in [-0.4, -0.2) is 6.54 Å². The highest BCUT2D eigenvalue weighted by molar-refractivity contribution is 5.27. The second-order valence-electron chi connectivity index (χ2n) is 5.76. The van der Waals surface area contributed by atoms with Gasteiger partial charge in [0.05, 0.1) is 0 Å². The van der Waals surface area contributed by atoms with Crippen molar-refractivity contribution in [1.29, 1.82) is 0 Å². The molecule has 1 N–H and O–H groups in total. The first-order valence-electron chi connectivity index (χ1n) is 6.35. The smallest absolute Gasteiger partial charge is 0.126 e. The molecule has 0 spiro atoms. The number of rotatable bonds is 4. The second-order valence-corrected chi connectivity index (χ2v) is 5.76. The lowest BCUT2D eigenvalue weighted by atomic mass is 9.82. The molecule has 0 saturated heterocycles. The van der Waals surface area contributed by atoms with Crippen molar-refractivity contribution < 1.29 is 4.39 Å². The minimum absolute atomic E-state index is 0.0802. The van der Waals surface area contributed by atoms with Crippen molar-refractivity contribution in [3.05, 3.63) is 35.1 Å². The van der Waals surface area contributed by atoms with Crippen LogP contribution in [0.4, 0.5) is 4.39 Å². The lowest BCUT2D eigenvalue weighted by Gasteiger charge is -2.32. The van der Waals surface area contributed by atoms with Crippen molar-refractivity contribution in [2.24, 2.45) is 5.41 Å². The summed E-state index contributed by atoms with van der Waals surface area (Å²) >= 11 is 0. The SMILES string of the molecule is CCCNC(c1ccc(C)c(F)c1)C(C)(C)C. The summed E-state index contributed by atoms with van der Waals surface area (Å²) < 4.78 is 13.6. The van der Waals surface area contributed by atoms with Crippen molar-refractivity contribution in [1.82, 2.24) is 5.32 Å². The van der Waals surface area contributed by atoms with E-state index in [2.05, 4.69) is 33.0 Å². The first kappa shape index (κ1) is 14.2. The molecule has 1 rings (SSSR count). The first-order chi connectivity index (χ1) is 7.86. The fourth-order valence-corrected chi connectivity index (χ4v) is 2.00. The van der Waals surface area contributed by atoms with Crippen LogP contribution in [0, 0.1) is 18.2 Å². The van der Waals surface area contributed by atoms with Gasteiger partial charge in [-0.1, -0.05) is 39.8 Å². The maximum Gasteiger partial charge on any atom is 0.126 e. The van der Waals surface area contributed by atoms with Crippen molar-refractivity contribution in [2.75, 3.05) is 6.54 Å². The molecule has 0 aromatic heterocycles. The van der Waals surface area contributed by atoms with Gasteiger partial charge < -0.3 is 5.32 Å². The third kappa shape index (κ3) is 3.81. The van der Waals surface area contributed by atoms with Gasteiger partial charge in [0.1, 0.15) is 5.82 Å². The number of hydrogen-bond acceptors (Lipinski definition) is 1. The molecule has 1 nitrogen and oxygen atoms in total. The zero-order valence-corrected chi connectivity index (χ0v) is 11.6. The Morgan fingerprint density at radius 2 is 1.94 bits per heavy atom. The Hall–Kier alpha value is -0.890. The Morgan fingerprint density at radius 1 is 1.29 bits per heavy atom. The van der Waals surface area contributed by atoms with E-state index < -0.39 is 0 Å². The number of nitrogens with one attached hydrogen (secondary N) is 1. The third-order valence-electron chi connectivity index (χ3n) is 2.99. The van der Waals surface area contributed by atoms with Gasteiger partial charge in [-0.15, -0.1) is 0 Å². The molecule has 1 aromatic rings. The van der Waals surface area contributed by atoms with Crippen LogP contribution in [0.25, 0.3) is 0 Å². The Balaban J connectivity index is 3.00. The minimum atomic E-state index is -0.116. The van der Waals surface area contributed by atoms with Crippen LogP contribution in [0.3, 0.4) is 0 Å². The Kier molecular flexibility index (Phi) is 4.70. The van der Waals surface area contributed by atoms with Crippen LogP contribution in [0.2, 0.25) is 0 Å². The lowest BCUT2D eigenvalue weighted by Crippen LogP contribution is -2.32. The second kappa shape index (κ2) is 5.63. The molecule has 0 fully saturated rings. The molecule has 1 atom stereocenters. The predicted molar refractivity (Wildman–Crippen MR) is 71.6 cm³/mol. The summed E-state index contributed by atoms with van der Waals surface area (Å²) in [6.45, 7) is 11.4. The van der Waals surface area contributed by atoms with Crippen molar-refractivity contribution in [3.63, 3.8) is 0 Å². The Morgan fingerprint density at radius 3 is 2.41 bits per heavy atom. The monoisotopic (exact) mass is 237 g/mol. The van der Waals surface area contributed by atoms with E-state index in [9.17, 15) is 4.39 Å². The lowest BCUT2D eigenvalue weighted by molar-refractivity contribution is 0.272. The van der Waals surface area contributed by atoms with Crippen LogP contribution in [0.15, 0.2) is 18.2 Å². The van der Waals surface area contributed by atoms with Gasteiger partial charge in [-0.25, -0.2) is 4.39 Å². The van der Waals surface area contributed by atoms with Crippen LogP contribution in [0.5, 0.6) is 0 Å². The van der Waals surface area contributed by atoms with Gasteiger partial charge in [-0.3, -0.25) is 0 Å². The number of hydrogen-bond donors (Lipinski definition) is 1. The number of aryl methyl sites for hydroxylation is 1. The molecule has 96 valence electrons. The first-order valence-corrected chi connectivity index (χ1v) is 6.35. The quantitative estimate of drug-likeness (QED) is 0.826. The maximum absolute atomic E-state index is 13.6. The molecule has 0 radical (unpaired) electrons. The number of halogens is 1. The molecule has 0 aliphatic heterocycles. The highest BCUT2D eigenvalue weighted by Gasteiger charge is 2.25. The van der Waals surface area contributed by atoms with E-state index in [0.717, 1.165) is 18.5 Å². The van der Waals surface area contributed by atoms with E-state index in [1.54, 1.807) is 13.0 Å². The van der Waals surface area contributed by atoms with Gasteiger partial charge in [-0.05, 0) is 42.5 Å². The molecule has 0 amide bonds. The minimum Gasteiger partial charge on any atom is -0.309 e. The third-order valence-corrected chi connectivity index (χ3v) is 2.99. The maximum atomic E-state index is 13.6. The zero-order valence-electron chi connectivity index (χ0n) is 11.6. The molecule has 0 bridgehead atoms. The average molecular weight is 237 g/mol. The summed E-state index contributed by atoms with van der Waals surface area (Å²) in [5.41, 5.74) is 1.82. The molecule has 1 aromatic carbocycles. The van der Waals surface area contributed by atoms with E-state index in [4.69, 9.17) is 0 Å². The van der Waals surface area contributed by atoms with Crippen LogP contribution in [-0.2, 0) is 0 Å². The van der Waals surface area contributed by atoms with E-state index in [1.807, 2.05) is 12.1 Å². The standard InChI is InChI=1S/C15H24FN/c1-6-9-17-14(15(3,4)5)12-8-7-11(2)13(16)10-12/h7-8,10,14,17H,6,9H2,1-5H3. The summed E-state index contributed by atoms with van der Waals surface area (Å²) in [6.07, 6.45) is 1.08. The van der Waals surface area contributed by atoms with Crippen molar-refractivity contribution in [2.45, 2.75) is 47.1 Å². The van der Waals surface area contributed by atoms with Gasteiger partial charge >= 0.3 is 0 Å². The molecular formula is C15H24FN. The average Bonchev–Trinajstić information content (AvgIpc) is 2.22. The van der Waals surface area contributed by atoms with E-state index >= 15 is 0 Å². The molecule has 0 aliphatic rings. The molecule has 0 heterocycles. The van der Waals surface area contributed by atoms with E-state index in [-0.39, 0.29) is 17.3 Å². The van der Waals surface area contributed by atoms with Crippen LogP contribution in [0.1, 0.15) is 51.3 Å². The van der Waals surface area contributed by atoms with E-state index in [1.165, 1.54) is 0 Å². The van der Waals surface area contributed by atoms with E-state index in [0.29, 0.717) is 5.56 Å². The fourth-order valence-electron chi connectivity index (χ4n) is 2.00. The molecular weight excluding hydrogens is 213 g/mol. The summed E-state index contributed by atoms with van der Waals surface area (Å²) in [5.74, 6) is -0.116. The van der Waals surface area contributed by atoms with Crippen molar-refractivity contribution >= 4 is 0 Å². The number of benzene rings is 1. The van der Waals surface area contributed by atoms with Gasteiger partial charge in [0.2, 0.25) is 0 Å². The Bertz CT molecular complexity index is 366. The van der Waals surface area contributed by atoms with Gasteiger partial charge in [0.25, 0.3) is 0 Å². The van der Waals surface area contributed by atoms with Gasteiger partial charge in [0.15, 0.2) is 0 Å². The van der Waals surface area contributed by atoms with Gasteiger partial charge in [-0.2, -0.15) is 0 Å². The summed E-state index contributed by atoms with van der Waals surface area (Å²) in [7, 11) is 0. The van der Waals surface area contributed by atoms with Crippen LogP contribution < -0.4 is 5.32 Å². The largest absolute Gasteiger partial charge is 0.309 e. The Labute approximate surface area is 104 Å². The van der Waals surface area contributed by atoms with Gasteiger partial charge in [0, 0.05) is 6.04 Å². The molecule has 0 aliphatic carbocycles. The normalized spacial score (nSPS) is 13.8. The zero-order chi connectivity index (χ0) is 13.1. The summed E-state index contributed by atoms with van der Waals surface area (Å²) in [6, 6.07) is 5.74. The molecule has 0 saturated carbocycles. The highest BCUT2D eigenvalue weighted by atomic mass is 19.1. The molecule has 1 unspecified atom stereocenters. The topological polar surface area (TPSA) is 12.0 Å². The fraction of sp³-hybridized carbons (Fsp3) is 0.600. The summed E-state index contributed by atoms with van der Waals surface area (Å²) in [4.78, 5) is 0. The van der Waals surface area contributed by atoms with Crippen molar-refractivity contribution in [3.8, 4) is 0 Å². The molecule has 17 heavy (non-hydrogen) atoms. The summed E-state index contributed by atoms with van der Waals surface area (Å²) in [5, 5.41) is 3.51. The predicted octanol–water partition coefficient (Wildman–Crippen LogP) is 4.22.